The third kappa shape index (κ3) is 4.10. The second-order valence-corrected chi connectivity index (χ2v) is 9.33. The summed E-state index contributed by atoms with van der Waals surface area (Å²) in [6, 6.07) is 1.94. The summed E-state index contributed by atoms with van der Waals surface area (Å²) in [5.74, 6) is 0.0946. The van der Waals surface area contributed by atoms with Crippen LogP contribution in [0.2, 0.25) is 0 Å². The van der Waals surface area contributed by atoms with E-state index in [1.54, 1.807) is 10.3 Å². The molecule has 0 radical (unpaired) electrons. The number of thiophene rings is 1. The highest BCUT2D eigenvalue weighted by molar-refractivity contribution is 7.14. The number of hydrogen-bond donors (Lipinski definition) is 2. The Morgan fingerprint density at radius 3 is 2.96 bits per heavy atom. The van der Waals surface area contributed by atoms with Crippen molar-refractivity contribution in [1.82, 2.24) is 15.8 Å². The molecule has 1 atom stereocenters. The molecule has 2 aliphatic rings. The van der Waals surface area contributed by atoms with Gasteiger partial charge in [0.2, 0.25) is 11.8 Å². The number of nitrogens with one attached hydrogen (secondary N) is 2. The highest BCUT2D eigenvalue weighted by atomic mass is 32.1. The zero-order valence-electron chi connectivity index (χ0n) is 15.6. The second kappa shape index (κ2) is 8.00. The Hall–Kier alpha value is -2.26. The topological polar surface area (TPSA) is 91.4 Å². The number of hydrazine groups is 1. The number of carbonyl (C=O) groups excluding carboxylic acids is 3. The fraction of sp³-hybridized carbons (Fsp3) is 0.474. The number of fused-ring (bicyclic) bond motifs is 1. The van der Waals surface area contributed by atoms with Crippen LogP contribution in [-0.2, 0) is 28.9 Å². The summed E-state index contributed by atoms with van der Waals surface area (Å²) in [6.45, 7) is 2.90. The Kier molecular flexibility index (Phi) is 5.45. The Morgan fingerprint density at radius 2 is 2.18 bits per heavy atom. The predicted octanol–water partition coefficient (Wildman–Crippen LogP) is 2.46. The van der Waals surface area contributed by atoms with Crippen LogP contribution in [0.25, 0.3) is 0 Å². The van der Waals surface area contributed by atoms with Gasteiger partial charge < -0.3 is 0 Å². The number of rotatable bonds is 4. The summed E-state index contributed by atoms with van der Waals surface area (Å²) >= 11 is 2.86. The van der Waals surface area contributed by atoms with E-state index in [4.69, 9.17) is 0 Å². The number of aromatic nitrogens is 1. The van der Waals surface area contributed by atoms with Crippen LogP contribution in [-0.4, -0.2) is 29.3 Å². The Bertz CT molecular complexity index is 920. The summed E-state index contributed by atoms with van der Waals surface area (Å²) in [7, 11) is 0. The van der Waals surface area contributed by atoms with Crippen molar-refractivity contribution < 1.29 is 14.4 Å². The second-order valence-electron chi connectivity index (χ2n) is 7.36. The number of nitrogens with zero attached hydrogens (tertiary/aromatic N) is 2. The molecule has 1 aliphatic heterocycles. The van der Waals surface area contributed by atoms with Gasteiger partial charge in [0.1, 0.15) is 0 Å². The SMILES string of the molecule is C[C@H]1CCc2sc(C(=O)NNC(=O)Cc3csc(N4CCCC4=O)n3)cc2C1. The maximum absolute atomic E-state index is 12.3. The molecule has 3 heterocycles. The van der Waals surface area contributed by atoms with Crippen molar-refractivity contribution in [2.24, 2.45) is 5.92 Å². The first-order valence-corrected chi connectivity index (χ1v) is 11.1. The lowest BCUT2D eigenvalue weighted by molar-refractivity contribution is -0.121. The van der Waals surface area contributed by atoms with Gasteiger partial charge in [-0.15, -0.1) is 22.7 Å². The summed E-state index contributed by atoms with van der Waals surface area (Å²) < 4.78 is 0. The standard InChI is InChI=1S/C19H22N4O3S2/c1-11-4-5-14-12(7-11)8-15(28-14)18(26)22-21-16(24)9-13-10-27-19(20-13)23-6-2-3-17(23)25/h8,10-11H,2-7,9H2,1H3,(H,21,24)(H,22,26)/t11-/m0/s1. The van der Waals surface area contributed by atoms with Gasteiger partial charge in [-0.05, 0) is 43.2 Å². The molecule has 0 bridgehead atoms. The van der Waals surface area contributed by atoms with E-state index < -0.39 is 0 Å². The maximum Gasteiger partial charge on any atom is 0.279 e. The molecule has 1 saturated heterocycles. The first kappa shape index (κ1) is 19.1. The van der Waals surface area contributed by atoms with Crippen LogP contribution in [0.15, 0.2) is 11.4 Å². The van der Waals surface area contributed by atoms with E-state index in [-0.39, 0.29) is 24.1 Å². The van der Waals surface area contributed by atoms with Crippen LogP contribution in [0.3, 0.4) is 0 Å². The van der Waals surface area contributed by atoms with Gasteiger partial charge in [-0.3, -0.25) is 30.1 Å². The van der Waals surface area contributed by atoms with Crippen molar-refractivity contribution in [3.8, 4) is 0 Å². The highest BCUT2D eigenvalue weighted by Crippen LogP contribution is 2.32. The van der Waals surface area contributed by atoms with E-state index in [2.05, 4.69) is 22.8 Å². The average Bonchev–Trinajstić information content (AvgIpc) is 3.38. The van der Waals surface area contributed by atoms with Gasteiger partial charge in [-0.25, -0.2) is 4.98 Å². The molecule has 0 aromatic carbocycles. The molecule has 3 amide bonds. The fourth-order valence-electron chi connectivity index (χ4n) is 3.57. The minimum atomic E-state index is -0.340. The van der Waals surface area contributed by atoms with Gasteiger partial charge in [0.05, 0.1) is 17.0 Å². The van der Waals surface area contributed by atoms with Crippen LogP contribution >= 0.6 is 22.7 Å². The number of aryl methyl sites for hydroxylation is 1. The third-order valence-electron chi connectivity index (χ3n) is 5.05. The van der Waals surface area contributed by atoms with Crippen molar-refractivity contribution in [3.63, 3.8) is 0 Å². The number of amides is 3. The monoisotopic (exact) mass is 418 g/mol. The highest BCUT2D eigenvalue weighted by Gasteiger charge is 2.25. The van der Waals surface area contributed by atoms with Gasteiger partial charge in [0.25, 0.3) is 5.91 Å². The number of anilines is 1. The lowest BCUT2D eigenvalue weighted by atomic mass is 9.90. The van der Waals surface area contributed by atoms with Crippen LogP contribution in [0.4, 0.5) is 5.13 Å². The molecular weight excluding hydrogens is 396 g/mol. The summed E-state index contributed by atoms with van der Waals surface area (Å²) in [6.07, 6.45) is 4.63. The lowest BCUT2D eigenvalue weighted by Gasteiger charge is -2.16. The van der Waals surface area contributed by atoms with Crippen LogP contribution in [0.1, 0.15) is 52.0 Å². The van der Waals surface area contributed by atoms with Crippen molar-refractivity contribution in [2.75, 3.05) is 11.4 Å². The molecule has 9 heteroatoms. The zero-order chi connectivity index (χ0) is 19.7. The van der Waals surface area contributed by atoms with Crippen LogP contribution < -0.4 is 15.8 Å². The molecule has 0 saturated carbocycles. The minimum Gasteiger partial charge on any atom is -0.288 e. The molecule has 0 spiro atoms. The van der Waals surface area contributed by atoms with Crippen molar-refractivity contribution in [2.45, 2.75) is 45.4 Å². The van der Waals surface area contributed by atoms with E-state index in [0.717, 1.165) is 25.7 Å². The molecule has 2 aromatic rings. The molecule has 148 valence electrons. The van der Waals surface area contributed by atoms with Crippen molar-refractivity contribution in [3.05, 3.63) is 32.5 Å². The fourth-order valence-corrected chi connectivity index (χ4v) is 5.54. The average molecular weight is 419 g/mol. The lowest BCUT2D eigenvalue weighted by Crippen LogP contribution is -2.42. The van der Waals surface area contributed by atoms with E-state index in [1.807, 2.05) is 6.07 Å². The molecule has 2 N–H and O–H groups in total. The van der Waals surface area contributed by atoms with Gasteiger partial charge in [0.15, 0.2) is 5.13 Å². The first-order chi connectivity index (χ1) is 13.5. The van der Waals surface area contributed by atoms with Gasteiger partial charge in [-0.1, -0.05) is 6.92 Å². The van der Waals surface area contributed by atoms with Crippen molar-refractivity contribution >= 4 is 45.5 Å². The van der Waals surface area contributed by atoms with E-state index >= 15 is 0 Å². The largest absolute Gasteiger partial charge is 0.288 e. The van der Waals surface area contributed by atoms with Gasteiger partial charge in [-0.2, -0.15) is 0 Å². The van der Waals surface area contributed by atoms with E-state index in [0.29, 0.717) is 34.6 Å². The number of carbonyl (C=O) groups is 3. The van der Waals surface area contributed by atoms with E-state index in [9.17, 15) is 14.4 Å². The predicted molar refractivity (Wildman–Crippen MR) is 109 cm³/mol. The Balaban J connectivity index is 1.29. The van der Waals surface area contributed by atoms with Crippen LogP contribution in [0, 0.1) is 5.92 Å². The molecule has 1 fully saturated rings. The normalized spacial score (nSPS) is 18.8. The molecular formula is C19H22N4O3S2. The summed E-state index contributed by atoms with van der Waals surface area (Å²) in [4.78, 5) is 44.2. The van der Waals surface area contributed by atoms with Gasteiger partial charge >= 0.3 is 0 Å². The molecule has 2 aromatic heterocycles. The summed E-state index contributed by atoms with van der Waals surface area (Å²) in [5, 5.41) is 2.41. The van der Waals surface area contributed by atoms with Crippen molar-refractivity contribution in [1.29, 1.82) is 0 Å². The van der Waals surface area contributed by atoms with Crippen LogP contribution in [0.5, 0.6) is 0 Å². The quantitative estimate of drug-likeness (QED) is 0.746. The Morgan fingerprint density at radius 1 is 1.32 bits per heavy atom. The molecule has 1 aliphatic carbocycles. The number of thiazole rings is 1. The van der Waals surface area contributed by atoms with E-state index in [1.165, 1.54) is 33.1 Å². The molecule has 7 nitrogen and oxygen atoms in total. The zero-order valence-corrected chi connectivity index (χ0v) is 17.3. The Labute approximate surface area is 171 Å². The molecule has 4 rings (SSSR count). The van der Waals surface area contributed by atoms with Gasteiger partial charge in [0, 0.05) is 23.2 Å². The summed E-state index contributed by atoms with van der Waals surface area (Å²) in [5.41, 5.74) is 6.80. The molecule has 28 heavy (non-hydrogen) atoms. The smallest absolute Gasteiger partial charge is 0.279 e. The number of hydrogen-bond acceptors (Lipinski definition) is 6. The minimum absolute atomic E-state index is 0.0528. The first-order valence-electron chi connectivity index (χ1n) is 9.45. The molecule has 0 unspecified atom stereocenters. The maximum atomic E-state index is 12.3. The third-order valence-corrected chi connectivity index (χ3v) is 7.20.